The van der Waals surface area contributed by atoms with E-state index >= 15 is 0 Å². The standard InChI is InChI=1S/C10H8N2O2/c1-7-3-2-4-9-8(7)5-6-11-10(9)12(13)14/h2-6H,1H3. The number of nitro groups is 1. The van der Waals surface area contributed by atoms with Crippen molar-refractivity contribution in [3.05, 3.63) is 46.1 Å². The lowest BCUT2D eigenvalue weighted by molar-refractivity contribution is -0.387. The van der Waals surface area contributed by atoms with Crippen molar-refractivity contribution in [2.75, 3.05) is 0 Å². The summed E-state index contributed by atoms with van der Waals surface area (Å²) in [5.41, 5.74) is 1.02. The molecule has 0 aliphatic heterocycles. The summed E-state index contributed by atoms with van der Waals surface area (Å²) in [6.07, 6.45) is 1.47. The molecule has 1 aromatic heterocycles. The Kier molecular flexibility index (Phi) is 1.89. The summed E-state index contributed by atoms with van der Waals surface area (Å²) in [4.78, 5) is 14.0. The molecule has 1 heterocycles. The van der Waals surface area contributed by atoms with Gasteiger partial charge in [-0.2, -0.15) is 0 Å². The van der Waals surface area contributed by atoms with Gasteiger partial charge in [0.1, 0.15) is 6.20 Å². The van der Waals surface area contributed by atoms with Crippen molar-refractivity contribution < 1.29 is 4.92 Å². The Morgan fingerprint density at radius 3 is 2.79 bits per heavy atom. The highest BCUT2D eigenvalue weighted by Crippen LogP contribution is 2.24. The van der Waals surface area contributed by atoms with E-state index in [1.165, 1.54) is 6.20 Å². The van der Waals surface area contributed by atoms with Gasteiger partial charge in [0.25, 0.3) is 0 Å². The highest BCUT2D eigenvalue weighted by atomic mass is 16.6. The zero-order valence-corrected chi connectivity index (χ0v) is 7.60. The van der Waals surface area contributed by atoms with Gasteiger partial charge in [0.15, 0.2) is 0 Å². The van der Waals surface area contributed by atoms with Crippen LogP contribution in [0.4, 0.5) is 5.82 Å². The van der Waals surface area contributed by atoms with Gasteiger partial charge in [-0.1, -0.05) is 12.1 Å². The van der Waals surface area contributed by atoms with Crippen LogP contribution in [0.25, 0.3) is 10.8 Å². The van der Waals surface area contributed by atoms with Gasteiger partial charge in [-0.15, -0.1) is 0 Å². The van der Waals surface area contributed by atoms with Gasteiger partial charge in [0.05, 0.1) is 5.39 Å². The Morgan fingerprint density at radius 1 is 1.29 bits per heavy atom. The molecule has 1 aromatic carbocycles. The highest BCUT2D eigenvalue weighted by Gasteiger charge is 2.12. The predicted molar refractivity (Wildman–Crippen MR) is 53.1 cm³/mol. The predicted octanol–water partition coefficient (Wildman–Crippen LogP) is 2.45. The summed E-state index contributed by atoms with van der Waals surface area (Å²) in [6, 6.07) is 7.23. The molecule has 0 saturated carbocycles. The molecule has 0 atom stereocenters. The van der Waals surface area contributed by atoms with Crippen molar-refractivity contribution in [3.63, 3.8) is 0 Å². The maximum Gasteiger partial charge on any atom is 0.371 e. The molecule has 0 aliphatic carbocycles. The van der Waals surface area contributed by atoms with Crippen molar-refractivity contribution >= 4 is 16.6 Å². The first-order valence-electron chi connectivity index (χ1n) is 4.19. The highest BCUT2D eigenvalue weighted by molar-refractivity contribution is 5.91. The topological polar surface area (TPSA) is 56.0 Å². The Hall–Kier alpha value is -1.97. The summed E-state index contributed by atoms with van der Waals surface area (Å²) >= 11 is 0. The average Bonchev–Trinajstić information content (AvgIpc) is 2.17. The molecule has 0 amide bonds. The molecule has 70 valence electrons. The van der Waals surface area contributed by atoms with Crippen molar-refractivity contribution in [3.8, 4) is 0 Å². The molecule has 14 heavy (non-hydrogen) atoms. The van der Waals surface area contributed by atoms with E-state index in [-0.39, 0.29) is 5.82 Å². The summed E-state index contributed by atoms with van der Waals surface area (Å²) in [6.45, 7) is 1.92. The smallest absolute Gasteiger partial charge is 0.358 e. The van der Waals surface area contributed by atoms with Crippen molar-refractivity contribution in [1.29, 1.82) is 0 Å². The number of aryl methyl sites for hydroxylation is 1. The van der Waals surface area contributed by atoms with Crippen LogP contribution in [0.2, 0.25) is 0 Å². The third-order valence-corrected chi connectivity index (χ3v) is 2.18. The number of fused-ring (bicyclic) bond motifs is 1. The lowest BCUT2D eigenvalue weighted by atomic mass is 10.1. The van der Waals surface area contributed by atoms with Crippen LogP contribution in [0, 0.1) is 17.0 Å². The molecule has 4 nitrogen and oxygen atoms in total. The molecule has 0 bridgehead atoms. The number of benzene rings is 1. The van der Waals surface area contributed by atoms with E-state index in [1.807, 2.05) is 13.0 Å². The minimum atomic E-state index is -0.457. The van der Waals surface area contributed by atoms with Crippen LogP contribution in [0.15, 0.2) is 30.5 Å². The van der Waals surface area contributed by atoms with E-state index in [4.69, 9.17) is 0 Å². The fraction of sp³-hybridized carbons (Fsp3) is 0.100. The molecule has 2 rings (SSSR count). The second kappa shape index (κ2) is 3.06. The molecule has 0 unspecified atom stereocenters. The van der Waals surface area contributed by atoms with Crippen LogP contribution in [0.3, 0.4) is 0 Å². The quantitative estimate of drug-likeness (QED) is 0.510. The van der Waals surface area contributed by atoms with Gasteiger partial charge >= 0.3 is 5.82 Å². The Labute approximate surface area is 80.4 Å². The number of hydrogen-bond donors (Lipinski definition) is 0. The van der Waals surface area contributed by atoms with Gasteiger partial charge in [0.2, 0.25) is 0 Å². The second-order valence-electron chi connectivity index (χ2n) is 3.06. The normalized spacial score (nSPS) is 10.4. The molecule has 2 aromatic rings. The van der Waals surface area contributed by atoms with E-state index in [0.29, 0.717) is 5.39 Å². The van der Waals surface area contributed by atoms with Gasteiger partial charge in [0, 0.05) is 0 Å². The summed E-state index contributed by atoms with van der Waals surface area (Å²) in [5, 5.41) is 12.1. The molecular formula is C10H8N2O2. The van der Waals surface area contributed by atoms with Crippen molar-refractivity contribution in [2.24, 2.45) is 0 Å². The first-order chi connectivity index (χ1) is 6.70. The maximum atomic E-state index is 10.7. The summed E-state index contributed by atoms with van der Waals surface area (Å²) < 4.78 is 0. The van der Waals surface area contributed by atoms with Crippen molar-refractivity contribution in [2.45, 2.75) is 6.92 Å². The van der Waals surface area contributed by atoms with E-state index < -0.39 is 4.92 Å². The molecule has 0 saturated heterocycles. The largest absolute Gasteiger partial charge is 0.371 e. The monoisotopic (exact) mass is 188 g/mol. The van der Waals surface area contributed by atoms with Gasteiger partial charge in [-0.05, 0) is 39.9 Å². The van der Waals surface area contributed by atoms with E-state index in [9.17, 15) is 10.1 Å². The van der Waals surface area contributed by atoms with Gasteiger partial charge < -0.3 is 10.1 Å². The van der Waals surface area contributed by atoms with Crippen LogP contribution in [0.5, 0.6) is 0 Å². The van der Waals surface area contributed by atoms with Crippen LogP contribution < -0.4 is 0 Å². The fourth-order valence-corrected chi connectivity index (χ4v) is 1.49. The minimum Gasteiger partial charge on any atom is -0.358 e. The second-order valence-corrected chi connectivity index (χ2v) is 3.06. The van der Waals surface area contributed by atoms with Gasteiger partial charge in [-0.25, -0.2) is 0 Å². The Morgan fingerprint density at radius 2 is 2.07 bits per heavy atom. The van der Waals surface area contributed by atoms with E-state index in [1.54, 1.807) is 18.2 Å². The lowest BCUT2D eigenvalue weighted by Crippen LogP contribution is -1.93. The van der Waals surface area contributed by atoms with Crippen LogP contribution in [-0.2, 0) is 0 Å². The molecule has 0 fully saturated rings. The fourth-order valence-electron chi connectivity index (χ4n) is 1.49. The first kappa shape index (κ1) is 8.62. The first-order valence-corrected chi connectivity index (χ1v) is 4.19. The number of pyridine rings is 1. The molecular weight excluding hydrogens is 180 g/mol. The third kappa shape index (κ3) is 1.21. The zero-order chi connectivity index (χ0) is 10.1. The Balaban J connectivity index is 2.88. The molecule has 4 heteroatoms. The maximum absolute atomic E-state index is 10.7. The molecule has 0 spiro atoms. The van der Waals surface area contributed by atoms with E-state index in [2.05, 4.69) is 4.98 Å². The average molecular weight is 188 g/mol. The van der Waals surface area contributed by atoms with Crippen LogP contribution >= 0.6 is 0 Å². The lowest BCUT2D eigenvalue weighted by Gasteiger charge is -2.00. The zero-order valence-electron chi connectivity index (χ0n) is 7.60. The van der Waals surface area contributed by atoms with E-state index in [0.717, 1.165) is 10.9 Å². The SMILES string of the molecule is Cc1cccc2c([N+](=O)[O-])nccc12. The Bertz CT molecular complexity index is 508. The number of rotatable bonds is 1. The van der Waals surface area contributed by atoms with Gasteiger partial charge in [-0.3, -0.25) is 0 Å². The number of aromatic nitrogens is 1. The third-order valence-electron chi connectivity index (χ3n) is 2.18. The molecule has 0 radical (unpaired) electrons. The summed E-state index contributed by atoms with van der Waals surface area (Å²) in [7, 11) is 0. The molecule has 0 N–H and O–H groups in total. The van der Waals surface area contributed by atoms with Crippen LogP contribution in [0.1, 0.15) is 5.56 Å². The van der Waals surface area contributed by atoms with Crippen molar-refractivity contribution in [1.82, 2.24) is 4.98 Å². The minimum absolute atomic E-state index is 0.0776. The number of hydrogen-bond acceptors (Lipinski definition) is 3. The summed E-state index contributed by atoms with van der Waals surface area (Å²) in [5.74, 6) is -0.0776. The van der Waals surface area contributed by atoms with Crippen LogP contribution in [-0.4, -0.2) is 9.91 Å². The molecule has 0 aliphatic rings. The number of nitrogens with zero attached hydrogens (tertiary/aromatic N) is 2.